The van der Waals surface area contributed by atoms with Crippen LogP contribution in [0.1, 0.15) is 24.5 Å². The van der Waals surface area contributed by atoms with Gasteiger partial charge in [-0.15, -0.1) is 4.48 Å². The van der Waals surface area contributed by atoms with Crippen molar-refractivity contribution < 1.29 is 28.7 Å². The van der Waals surface area contributed by atoms with Crippen LogP contribution in [0.25, 0.3) is 0 Å². The molecule has 0 radical (unpaired) electrons. The van der Waals surface area contributed by atoms with E-state index >= 15 is 0 Å². The van der Waals surface area contributed by atoms with Crippen LogP contribution >= 0.6 is 0 Å². The second-order valence-electron chi connectivity index (χ2n) is 6.88. The highest BCUT2D eigenvalue weighted by molar-refractivity contribution is 5.75. The third-order valence-electron chi connectivity index (χ3n) is 5.05. The molecule has 0 bridgehead atoms. The summed E-state index contributed by atoms with van der Waals surface area (Å²) in [4.78, 5) is 24.7. The van der Waals surface area contributed by atoms with Gasteiger partial charge in [-0.05, 0) is 18.1 Å². The molecule has 6 nitrogen and oxygen atoms in total. The van der Waals surface area contributed by atoms with Crippen molar-refractivity contribution in [2.75, 3.05) is 6.54 Å². The van der Waals surface area contributed by atoms with Crippen LogP contribution in [0.2, 0.25) is 0 Å². The molecule has 2 amide bonds. The molecular formula is C21H24NO5+. The van der Waals surface area contributed by atoms with Crippen LogP contribution in [0, 0.1) is 0 Å². The fourth-order valence-electron chi connectivity index (χ4n) is 3.48. The second-order valence-corrected chi connectivity index (χ2v) is 6.88. The Kier molecular flexibility index (Phi) is 5.88. The van der Waals surface area contributed by atoms with Gasteiger partial charge in [0.15, 0.2) is 0 Å². The minimum Gasteiger partial charge on any atom is -0.435 e. The normalized spacial score (nSPS) is 24.5. The number of likely N-dealkylation sites (tertiary alicyclic amines) is 1. The van der Waals surface area contributed by atoms with Gasteiger partial charge in [0, 0.05) is 6.42 Å². The molecule has 0 unspecified atom stereocenters. The van der Waals surface area contributed by atoms with E-state index in [0.717, 1.165) is 11.1 Å². The predicted molar refractivity (Wildman–Crippen MR) is 98.9 cm³/mol. The van der Waals surface area contributed by atoms with Crippen LogP contribution in [0.4, 0.5) is 9.59 Å². The standard InChI is InChI=1S/C21H23NO5/c1-16-12-19(26-14-17-8-4-2-5-9-17)13-22(16,20(23)24)21(25)27-15-18-10-6-3-7-11-18/h2-11,16,19H,12-15H2,1H3/p+1/t16-,19-,22+/m1/s1. The summed E-state index contributed by atoms with van der Waals surface area (Å²) >= 11 is 0. The third kappa shape index (κ3) is 4.18. The molecule has 1 aliphatic heterocycles. The number of quaternary nitrogens is 1. The Morgan fingerprint density at radius 3 is 2.11 bits per heavy atom. The van der Waals surface area contributed by atoms with Gasteiger partial charge in [0.05, 0.1) is 6.61 Å². The summed E-state index contributed by atoms with van der Waals surface area (Å²) in [7, 11) is 0. The number of amides is 2. The van der Waals surface area contributed by atoms with Gasteiger partial charge < -0.3 is 14.6 Å². The number of carbonyl (C=O) groups is 2. The molecule has 0 aromatic heterocycles. The SMILES string of the molecule is C[C@@H]1C[C@@H](OCc2ccccc2)C[N@+]1(C(=O)O)C(=O)OCc1ccccc1. The van der Waals surface area contributed by atoms with Crippen molar-refractivity contribution in [2.45, 2.75) is 38.7 Å². The quantitative estimate of drug-likeness (QED) is 0.799. The molecule has 1 saturated heterocycles. The summed E-state index contributed by atoms with van der Waals surface area (Å²) in [6.45, 7) is 2.26. The maximum Gasteiger partial charge on any atom is 0.527 e. The molecule has 142 valence electrons. The first kappa shape index (κ1) is 19.1. The molecule has 3 rings (SSSR count). The Morgan fingerprint density at radius 2 is 1.56 bits per heavy atom. The molecule has 2 aromatic carbocycles. The number of rotatable bonds is 5. The zero-order valence-electron chi connectivity index (χ0n) is 15.3. The van der Waals surface area contributed by atoms with E-state index in [1.165, 1.54) is 0 Å². The summed E-state index contributed by atoms with van der Waals surface area (Å²) in [5.74, 6) is 0. The summed E-state index contributed by atoms with van der Waals surface area (Å²) < 4.78 is 10.5. The average molecular weight is 370 g/mol. The van der Waals surface area contributed by atoms with Gasteiger partial charge in [0.1, 0.15) is 25.3 Å². The smallest absolute Gasteiger partial charge is 0.435 e. The molecule has 0 spiro atoms. The molecule has 3 atom stereocenters. The summed E-state index contributed by atoms with van der Waals surface area (Å²) in [5.41, 5.74) is 1.83. The van der Waals surface area contributed by atoms with E-state index in [1.807, 2.05) is 60.7 Å². The van der Waals surface area contributed by atoms with Gasteiger partial charge in [0.2, 0.25) is 0 Å². The third-order valence-corrected chi connectivity index (χ3v) is 5.05. The Morgan fingerprint density at radius 1 is 1.00 bits per heavy atom. The molecular weight excluding hydrogens is 346 g/mol. The Hall–Kier alpha value is -2.70. The van der Waals surface area contributed by atoms with Crippen LogP contribution in [-0.4, -0.2) is 40.5 Å². The second kappa shape index (κ2) is 8.33. The largest absolute Gasteiger partial charge is 0.527 e. The van der Waals surface area contributed by atoms with Crippen LogP contribution in [0.15, 0.2) is 60.7 Å². The molecule has 0 aliphatic carbocycles. The van der Waals surface area contributed by atoms with Gasteiger partial charge in [-0.1, -0.05) is 60.7 Å². The van der Waals surface area contributed by atoms with Crippen LogP contribution in [0.3, 0.4) is 0 Å². The van der Waals surface area contributed by atoms with Gasteiger partial charge in [0.25, 0.3) is 0 Å². The Labute approximate surface area is 158 Å². The number of hydrogen-bond donors (Lipinski definition) is 1. The first-order chi connectivity index (χ1) is 13.0. The van der Waals surface area contributed by atoms with Crippen molar-refractivity contribution in [3.8, 4) is 0 Å². The topological polar surface area (TPSA) is 72.8 Å². The molecule has 0 saturated carbocycles. The maximum atomic E-state index is 12.7. The van der Waals surface area contributed by atoms with Crippen molar-refractivity contribution in [1.82, 2.24) is 0 Å². The van der Waals surface area contributed by atoms with Gasteiger partial charge in [-0.2, -0.15) is 9.59 Å². The molecule has 1 fully saturated rings. The molecule has 1 N–H and O–H groups in total. The molecule has 6 heteroatoms. The lowest BCUT2D eigenvalue weighted by atomic mass is 10.2. The average Bonchev–Trinajstić information content (AvgIpc) is 3.03. The van der Waals surface area contributed by atoms with E-state index in [9.17, 15) is 14.7 Å². The lowest BCUT2D eigenvalue weighted by Gasteiger charge is -2.27. The van der Waals surface area contributed by atoms with Gasteiger partial charge in [-0.25, -0.2) is 0 Å². The van der Waals surface area contributed by atoms with Crippen LogP contribution in [0.5, 0.6) is 0 Å². The zero-order chi connectivity index (χ0) is 19.3. The Balaban J connectivity index is 1.65. The molecule has 27 heavy (non-hydrogen) atoms. The predicted octanol–water partition coefficient (Wildman–Crippen LogP) is 4.20. The van der Waals surface area contributed by atoms with Crippen molar-refractivity contribution in [3.63, 3.8) is 0 Å². The summed E-state index contributed by atoms with van der Waals surface area (Å²) in [6, 6.07) is 18.5. The van der Waals surface area contributed by atoms with E-state index in [2.05, 4.69) is 0 Å². The monoisotopic (exact) mass is 370 g/mol. The Bertz CT molecular complexity index is 780. The van der Waals surface area contributed by atoms with Crippen molar-refractivity contribution >= 4 is 12.2 Å². The molecule has 1 aliphatic rings. The molecule has 2 aromatic rings. The van der Waals surface area contributed by atoms with E-state index in [1.54, 1.807) is 6.92 Å². The summed E-state index contributed by atoms with van der Waals surface area (Å²) in [5, 5.41) is 9.82. The first-order valence-electron chi connectivity index (χ1n) is 9.00. The molecule has 1 heterocycles. The number of imide groups is 1. The zero-order valence-corrected chi connectivity index (χ0v) is 15.3. The van der Waals surface area contributed by atoms with Crippen molar-refractivity contribution in [2.24, 2.45) is 0 Å². The lowest BCUT2D eigenvalue weighted by molar-refractivity contribution is -0.797. The van der Waals surface area contributed by atoms with Crippen LogP contribution < -0.4 is 0 Å². The van der Waals surface area contributed by atoms with E-state index in [0.29, 0.717) is 13.0 Å². The van der Waals surface area contributed by atoms with Crippen molar-refractivity contribution in [3.05, 3.63) is 71.8 Å². The van der Waals surface area contributed by atoms with Crippen LogP contribution in [-0.2, 0) is 22.7 Å². The lowest BCUT2D eigenvalue weighted by Crippen LogP contribution is -2.59. The number of hydrogen-bond acceptors (Lipinski definition) is 4. The number of benzene rings is 2. The highest BCUT2D eigenvalue weighted by Crippen LogP contribution is 2.31. The minimum absolute atomic E-state index is 0.0508. The first-order valence-corrected chi connectivity index (χ1v) is 9.00. The summed E-state index contributed by atoms with van der Waals surface area (Å²) in [6.07, 6.45) is -1.78. The van der Waals surface area contributed by atoms with Gasteiger partial charge >= 0.3 is 12.2 Å². The van der Waals surface area contributed by atoms with E-state index in [4.69, 9.17) is 9.47 Å². The fraction of sp³-hybridized carbons (Fsp3) is 0.333. The van der Waals surface area contributed by atoms with E-state index in [-0.39, 0.29) is 19.3 Å². The number of carboxylic acid groups (broad SMARTS) is 1. The number of nitrogens with zero attached hydrogens (tertiary/aromatic N) is 1. The minimum atomic E-state index is -1.20. The van der Waals surface area contributed by atoms with E-state index < -0.39 is 22.7 Å². The maximum absolute atomic E-state index is 12.7. The highest BCUT2D eigenvalue weighted by Gasteiger charge is 2.58. The van der Waals surface area contributed by atoms with Gasteiger partial charge in [-0.3, -0.25) is 0 Å². The number of carbonyl (C=O) groups excluding carboxylic acids is 1. The number of ether oxygens (including phenoxy) is 2. The van der Waals surface area contributed by atoms with Crippen molar-refractivity contribution in [1.29, 1.82) is 0 Å². The highest BCUT2D eigenvalue weighted by atomic mass is 16.6. The fourth-order valence-corrected chi connectivity index (χ4v) is 3.48.